The Hall–Kier alpha value is -1.80. The lowest BCUT2D eigenvalue weighted by Crippen LogP contribution is -2.26. The molecule has 4 N–H and O–H groups in total. The molecule has 0 heterocycles. The number of rotatable bonds is 6. The molecule has 0 atom stereocenters. The molecule has 0 bridgehead atoms. The number of sulfonamides is 1. The van der Waals surface area contributed by atoms with Crippen molar-refractivity contribution in [3.05, 3.63) is 23.8 Å². The summed E-state index contributed by atoms with van der Waals surface area (Å²) in [7, 11) is 1.41. The predicted molar refractivity (Wildman–Crippen MR) is 80.2 cm³/mol. The van der Waals surface area contributed by atoms with Crippen molar-refractivity contribution in [1.29, 1.82) is 0 Å². The molecule has 20 heavy (non-hydrogen) atoms. The standard InChI is InChI=1S/C12H20N4O3S/c1-14-20(18,19)7-6-15-11-8-9(4-5-10(11)13)12(17)16(2)3/h4-5,8,14-15H,6-7,13H2,1-3H3. The van der Waals surface area contributed by atoms with E-state index in [4.69, 9.17) is 5.73 Å². The summed E-state index contributed by atoms with van der Waals surface area (Å²) in [5, 5.41) is 2.92. The molecule has 7 nitrogen and oxygen atoms in total. The average Bonchev–Trinajstić information content (AvgIpc) is 2.40. The van der Waals surface area contributed by atoms with Crippen LogP contribution in [0, 0.1) is 0 Å². The number of nitrogens with zero attached hydrogens (tertiary/aromatic N) is 1. The van der Waals surface area contributed by atoms with Crippen LogP contribution in [0.2, 0.25) is 0 Å². The average molecular weight is 300 g/mol. The third-order valence-electron chi connectivity index (χ3n) is 2.70. The summed E-state index contributed by atoms with van der Waals surface area (Å²) >= 11 is 0. The molecule has 1 rings (SSSR count). The summed E-state index contributed by atoms with van der Waals surface area (Å²) in [5.41, 5.74) is 7.29. The molecule has 0 saturated carbocycles. The number of nitrogens with one attached hydrogen (secondary N) is 2. The van der Waals surface area contributed by atoms with E-state index in [0.29, 0.717) is 16.9 Å². The van der Waals surface area contributed by atoms with Crippen LogP contribution in [0.25, 0.3) is 0 Å². The van der Waals surface area contributed by atoms with Crippen molar-refractivity contribution >= 4 is 27.3 Å². The molecule has 1 aromatic rings. The van der Waals surface area contributed by atoms with Gasteiger partial charge in [0, 0.05) is 26.2 Å². The maximum Gasteiger partial charge on any atom is 0.253 e. The summed E-state index contributed by atoms with van der Waals surface area (Å²) in [4.78, 5) is 13.3. The molecule has 0 fully saturated rings. The van der Waals surface area contributed by atoms with Crippen LogP contribution in [0.1, 0.15) is 10.4 Å². The smallest absolute Gasteiger partial charge is 0.253 e. The van der Waals surface area contributed by atoms with E-state index in [9.17, 15) is 13.2 Å². The minimum atomic E-state index is -3.27. The van der Waals surface area contributed by atoms with Gasteiger partial charge in [-0.2, -0.15) is 0 Å². The van der Waals surface area contributed by atoms with Crippen molar-refractivity contribution in [1.82, 2.24) is 9.62 Å². The minimum Gasteiger partial charge on any atom is -0.397 e. The van der Waals surface area contributed by atoms with Gasteiger partial charge >= 0.3 is 0 Å². The number of hydrogen-bond acceptors (Lipinski definition) is 5. The van der Waals surface area contributed by atoms with Crippen molar-refractivity contribution < 1.29 is 13.2 Å². The van der Waals surface area contributed by atoms with Gasteiger partial charge in [-0.15, -0.1) is 0 Å². The van der Waals surface area contributed by atoms with Crippen molar-refractivity contribution in [2.24, 2.45) is 0 Å². The Morgan fingerprint density at radius 3 is 2.55 bits per heavy atom. The van der Waals surface area contributed by atoms with Crippen molar-refractivity contribution in [2.75, 3.05) is 44.5 Å². The Bertz CT molecular complexity index is 584. The van der Waals surface area contributed by atoms with Gasteiger partial charge in [-0.1, -0.05) is 0 Å². The number of amides is 1. The molecule has 0 aliphatic rings. The Morgan fingerprint density at radius 2 is 2.00 bits per heavy atom. The summed E-state index contributed by atoms with van der Waals surface area (Å²) in [5.74, 6) is -0.217. The van der Waals surface area contributed by atoms with E-state index in [0.717, 1.165) is 0 Å². The number of benzene rings is 1. The normalized spacial score (nSPS) is 11.2. The first-order valence-corrected chi connectivity index (χ1v) is 7.68. The molecular weight excluding hydrogens is 280 g/mol. The van der Waals surface area contributed by atoms with E-state index < -0.39 is 10.0 Å². The zero-order valence-corrected chi connectivity index (χ0v) is 12.6. The Kier molecular flexibility index (Phi) is 5.34. The molecule has 0 spiro atoms. The maximum absolute atomic E-state index is 11.8. The lowest BCUT2D eigenvalue weighted by molar-refractivity contribution is 0.0827. The van der Waals surface area contributed by atoms with Crippen molar-refractivity contribution in [3.8, 4) is 0 Å². The van der Waals surface area contributed by atoms with E-state index >= 15 is 0 Å². The van der Waals surface area contributed by atoms with E-state index in [1.807, 2.05) is 0 Å². The number of nitrogen functional groups attached to an aromatic ring is 1. The lowest BCUT2D eigenvalue weighted by atomic mass is 10.1. The first-order chi connectivity index (χ1) is 9.26. The van der Waals surface area contributed by atoms with Crippen LogP contribution in [-0.4, -0.2) is 52.7 Å². The first-order valence-electron chi connectivity index (χ1n) is 6.03. The van der Waals surface area contributed by atoms with Gasteiger partial charge in [0.2, 0.25) is 10.0 Å². The van der Waals surface area contributed by atoms with Crippen LogP contribution in [0.5, 0.6) is 0 Å². The van der Waals surface area contributed by atoms with Gasteiger partial charge in [0.25, 0.3) is 5.91 Å². The monoisotopic (exact) mass is 300 g/mol. The number of carbonyl (C=O) groups excluding carboxylic acids is 1. The second kappa shape index (κ2) is 6.58. The third-order valence-corrected chi connectivity index (χ3v) is 4.07. The number of nitrogens with two attached hydrogens (primary N) is 1. The summed E-state index contributed by atoms with van der Waals surface area (Å²) < 4.78 is 24.8. The predicted octanol–water partition coefficient (Wildman–Crippen LogP) is -0.0683. The minimum absolute atomic E-state index is 0.0746. The highest BCUT2D eigenvalue weighted by Crippen LogP contribution is 2.20. The highest BCUT2D eigenvalue weighted by atomic mass is 32.2. The van der Waals surface area contributed by atoms with Gasteiger partial charge < -0.3 is 16.0 Å². The molecule has 0 aliphatic heterocycles. The number of carbonyl (C=O) groups is 1. The molecular formula is C12H20N4O3S. The summed E-state index contributed by atoms with van der Waals surface area (Å²) in [6, 6.07) is 4.86. The molecule has 0 unspecified atom stereocenters. The molecule has 112 valence electrons. The van der Waals surface area contributed by atoms with Gasteiger partial charge in [-0.3, -0.25) is 4.79 Å². The Labute approximate surface area is 119 Å². The maximum atomic E-state index is 11.8. The number of hydrogen-bond donors (Lipinski definition) is 3. The summed E-state index contributed by atoms with van der Waals surface area (Å²) in [6.45, 7) is 0.201. The second-order valence-corrected chi connectivity index (χ2v) is 6.50. The molecule has 0 saturated heterocycles. The van der Waals surface area contributed by atoms with Crippen LogP contribution in [0.4, 0.5) is 11.4 Å². The SMILES string of the molecule is CNS(=O)(=O)CCNc1cc(C(=O)N(C)C)ccc1N. The Morgan fingerprint density at radius 1 is 1.35 bits per heavy atom. The van der Waals surface area contributed by atoms with Crippen LogP contribution in [0.15, 0.2) is 18.2 Å². The van der Waals surface area contributed by atoms with Crippen LogP contribution >= 0.6 is 0 Å². The van der Waals surface area contributed by atoms with Gasteiger partial charge in [-0.05, 0) is 25.2 Å². The van der Waals surface area contributed by atoms with Gasteiger partial charge in [0.1, 0.15) is 0 Å². The zero-order chi connectivity index (χ0) is 15.3. The molecule has 1 amide bonds. The van der Waals surface area contributed by atoms with E-state index in [2.05, 4.69) is 10.0 Å². The molecule has 8 heteroatoms. The lowest BCUT2D eigenvalue weighted by Gasteiger charge is -2.14. The fourth-order valence-electron chi connectivity index (χ4n) is 1.52. The molecule has 0 aromatic heterocycles. The molecule has 1 aromatic carbocycles. The second-order valence-electron chi connectivity index (χ2n) is 4.45. The summed E-state index contributed by atoms with van der Waals surface area (Å²) in [6.07, 6.45) is 0. The first kappa shape index (κ1) is 16.3. The van der Waals surface area contributed by atoms with E-state index in [-0.39, 0.29) is 18.2 Å². The van der Waals surface area contributed by atoms with Crippen LogP contribution in [0.3, 0.4) is 0 Å². The highest BCUT2D eigenvalue weighted by Gasteiger charge is 2.11. The third kappa shape index (κ3) is 4.39. The quantitative estimate of drug-likeness (QED) is 0.638. The fourth-order valence-corrected chi connectivity index (χ4v) is 2.10. The largest absolute Gasteiger partial charge is 0.397 e. The van der Waals surface area contributed by atoms with Crippen LogP contribution in [-0.2, 0) is 10.0 Å². The van der Waals surface area contributed by atoms with Crippen LogP contribution < -0.4 is 15.8 Å². The van der Waals surface area contributed by atoms with Gasteiger partial charge in [0.15, 0.2) is 0 Å². The van der Waals surface area contributed by atoms with Crippen molar-refractivity contribution in [2.45, 2.75) is 0 Å². The fraction of sp³-hybridized carbons (Fsp3) is 0.417. The van der Waals surface area contributed by atoms with E-state index in [1.165, 1.54) is 11.9 Å². The van der Waals surface area contributed by atoms with Gasteiger partial charge in [-0.25, -0.2) is 13.1 Å². The van der Waals surface area contributed by atoms with E-state index in [1.54, 1.807) is 32.3 Å². The zero-order valence-electron chi connectivity index (χ0n) is 11.8. The highest BCUT2D eigenvalue weighted by molar-refractivity contribution is 7.89. The molecule has 0 aliphatic carbocycles. The molecule has 0 radical (unpaired) electrons. The number of anilines is 2. The topological polar surface area (TPSA) is 105 Å². The Balaban J connectivity index is 2.80. The van der Waals surface area contributed by atoms with Crippen molar-refractivity contribution in [3.63, 3.8) is 0 Å². The van der Waals surface area contributed by atoms with Gasteiger partial charge in [0.05, 0.1) is 17.1 Å².